The van der Waals surface area contributed by atoms with Gasteiger partial charge in [-0.3, -0.25) is 19.2 Å². The minimum atomic E-state index is -0.305. The molecule has 4 N–H and O–H groups in total. The molecule has 0 aromatic heterocycles. The summed E-state index contributed by atoms with van der Waals surface area (Å²) in [5.74, 6) is -0.966. The molecule has 8 heteroatoms. The molecule has 2 aromatic rings. The van der Waals surface area contributed by atoms with Crippen molar-refractivity contribution in [2.75, 3.05) is 10.6 Å². The van der Waals surface area contributed by atoms with E-state index in [1.165, 1.54) is 0 Å². The van der Waals surface area contributed by atoms with Crippen molar-refractivity contribution >= 4 is 35.0 Å². The number of nitrogens with one attached hydrogen (secondary N) is 4. The highest BCUT2D eigenvalue weighted by Crippen LogP contribution is 2.12. The Morgan fingerprint density at radius 2 is 0.906 bits per heavy atom. The molecule has 8 nitrogen and oxygen atoms in total. The van der Waals surface area contributed by atoms with Gasteiger partial charge in [-0.1, -0.05) is 0 Å². The van der Waals surface area contributed by atoms with Crippen LogP contribution >= 0.6 is 0 Å². The van der Waals surface area contributed by atoms with E-state index in [0.29, 0.717) is 22.5 Å². The van der Waals surface area contributed by atoms with Gasteiger partial charge in [0.2, 0.25) is 11.8 Å². The maximum atomic E-state index is 12.1. The van der Waals surface area contributed by atoms with Crippen LogP contribution in [0.3, 0.4) is 0 Å². The summed E-state index contributed by atoms with van der Waals surface area (Å²) in [5.41, 5.74) is 2.10. The zero-order chi connectivity index (χ0) is 23.7. The van der Waals surface area contributed by atoms with Gasteiger partial charge in [0.05, 0.1) is 0 Å². The van der Waals surface area contributed by atoms with Crippen LogP contribution in [-0.4, -0.2) is 35.7 Å². The largest absolute Gasteiger partial charge is 0.350 e. The van der Waals surface area contributed by atoms with Crippen molar-refractivity contribution in [3.63, 3.8) is 0 Å². The van der Waals surface area contributed by atoms with Gasteiger partial charge in [-0.25, -0.2) is 0 Å². The highest BCUT2D eigenvalue weighted by Gasteiger charge is 2.11. The van der Waals surface area contributed by atoms with Crippen LogP contribution in [0, 0.1) is 0 Å². The van der Waals surface area contributed by atoms with E-state index in [4.69, 9.17) is 0 Å². The fourth-order valence-electron chi connectivity index (χ4n) is 2.77. The van der Waals surface area contributed by atoms with E-state index in [1.54, 1.807) is 48.5 Å². The fraction of sp³-hybridized carbons (Fsp3) is 0.333. The van der Waals surface area contributed by atoms with Crippen LogP contribution < -0.4 is 21.3 Å². The molecule has 2 aromatic carbocycles. The third-order valence-corrected chi connectivity index (χ3v) is 4.28. The monoisotopic (exact) mass is 438 g/mol. The molecule has 0 aliphatic rings. The molecule has 0 aliphatic carbocycles. The lowest BCUT2D eigenvalue weighted by Crippen LogP contribution is -2.30. The van der Waals surface area contributed by atoms with Crippen molar-refractivity contribution in [2.24, 2.45) is 0 Å². The summed E-state index contributed by atoms with van der Waals surface area (Å²) in [6, 6.07) is 13.2. The molecule has 0 heterocycles. The van der Waals surface area contributed by atoms with Gasteiger partial charge in [0.1, 0.15) is 0 Å². The first kappa shape index (κ1) is 24.6. The van der Waals surface area contributed by atoms with Crippen LogP contribution in [0.2, 0.25) is 0 Å². The van der Waals surface area contributed by atoms with Crippen LogP contribution in [0.5, 0.6) is 0 Å². The van der Waals surface area contributed by atoms with Crippen molar-refractivity contribution in [1.29, 1.82) is 0 Å². The van der Waals surface area contributed by atoms with E-state index in [-0.39, 0.29) is 48.6 Å². The molecule has 0 radical (unpaired) electrons. The number of carbonyl (C=O) groups excluding carboxylic acids is 4. The molecular formula is C24H30N4O4. The quantitative estimate of drug-likeness (QED) is 0.480. The minimum Gasteiger partial charge on any atom is -0.350 e. The second kappa shape index (κ2) is 11.6. The Balaban J connectivity index is 1.78. The molecule has 0 spiro atoms. The summed E-state index contributed by atoms with van der Waals surface area (Å²) in [6.45, 7) is 7.52. The lowest BCUT2D eigenvalue weighted by Gasteiger charge is -2.10. The number of hydrogen-bond donors (Lipinski definition) is 4. The van der Waals surface area contributed by atoms with Gasteiger partial charge < -0.3 is 21.3 Å². The Kier molecular flexibility index (Phi) is 8.95. The number of amides is 4. The zero-order valence-corrected chi connectivity index (χ0v) is 18.8. The summed E-state index contributed by atoms with van der Waals surface area (Å²) in [6.07, 6.45) is 0.0204. The summed E-state index contributed by atoms with van der Waals surface area (Å²) in [5, 5.41) is 11.0. The van der Waals surface area contributed by atoms with E-state index in [2.05, 4.69) is 21.3 Å². The highest BCUT2D eigenvalue weighted by molar-refractivity contribution is 5.98. The molecule has 170 valence electrons. The average molecular weight is 439 g/mol. The van der Waals surface area contributed by atoms with E-state index in [0.717, 1.165) is 0 Å². The van der Waals surface area contributed by atoms with Gasteiger partial charge in [0.15, 0.2) is 0 Å². The van der Waals surface area contributed by atoms with Crippen LogP contribution in [0.15, 0.2) is 48.5 Å². The van der Waals surface area contributed by atoms with E-state index >= 15 is 0 Å². The van der Waals surface area contributed by atoms with E-state index < -0.39 is 0 Å². The Morgan fingerprint density at radius 3 is 1.19 bits per heavy atom. The maximum absolute atomic E-state index is 12.1. The number of hydrogen-bond acceptors (Lipinski definition) is 4. The topological polar surface area (TPSA) is 116 Å². The third-order valence-electron chi connectivity index (χ3n) is 4.28. The smallest absolute Gasteiger partial charge is 0.251 e. The van der Waals surface area contributed by atoms with Crippen molar-refractivity contribution in [3.05, 3.63) is 59.7 Å². The predicted molar refractivity (Wildman–Crippen MR) is 125 cm³/mol. The van der Waals surface area contributed by atoms with Gasteiger partial charge in [-0.15, -0.1) is 0 Å². The van der Waals surface area contributed by atoms with Crippen LogP contribution in [0.1, 0.15) is 61.3 Å². The number of benzene rings is 2. The normalized spacial score (nSPS) is 10.6. The van der Waals surface area contributed by atoms with Crippen molar-refractivity contribution in [3.8, 4) is 0 Å². The molecular weight excluding hydrogens is 408 g/mol. The van der Waals surface area contributed by atoms with Gasteiger partial charge in [0.25, 0.3) is 11.8 Å². The lowest BCUT2D eigenvalue weighted by atomic mass is 10.1. The molecule has 0 saturated carbocycles. The highest BCUT2D eigenvalue weighted by atomic mass is 16.2. The second-order valence-electron chi connectivity index (χ2n) is 8.01. The Hall–Kier alpha value is -3.68. The molecule has 0 aliphatic heterocycles. The van der Waals surface area contributed by atoms with E-state index in [9.17, 15) is 19.2 Å². The molecule has 2 rings (SSSR count). The van der Waals surface area contributed by atoms with Crippen LogP contribution in [0.25, 0.3) is 0 Å². The Morgan fingerprint density at radius 1 is 0.594 bits per heavy atom. The standard InChI is InChI=1S/C24H30N4O4/c1-15(2)25-23(31)17-5-9-19(10-6-17)27-21(29)13-14-22(30)28-20-11-7-18(8-12-20)24(32)26-16(3)4/h5-12,15-16H,13-14H2,1-4H3,(H,25,31)(H,26,32)(H,27,29)(H,28,30). The van der Waals surface area contributed by atoms with Gasteiger partial charge in [-0.05, 0) is 76.2 Å². The lowest BCUT2D eigenvalue weighted by molar-refractivity contribution is -0.121. The third kappa shape index (κ3) is 8.22. The predicted octanol–water partition coefficient (Wildman–Crippen LogP) is 3.32. The van der Waals surface area contributed by atoms with Crippen molar-refractivity contribution < 1.29 is 19.2 Å². The number of anilines is 2. The minimum absolute atomic E-state index is 0.0102. The molecule has 4 amide bonds. The van der Waals surface area contributed by atoms with Gasteiger partial charge >= 0.3 is 0 Å². The first-order valence-corrected chi connectivity index (χ1v) is 10.6. The van der Waals surface area contributed by atoms with Crippen LogP contribution in [-0.2, 0) is 9.59 Å². The van der Waals surface area contributed by atoms with Gasteiger partial charge in [0, 0.05) is 47.4 Å². The van der Waals surface area contributed by atoms with Gasteiger partial charge in [-0.2, -0.15) is 0 Å². The maximum Gasteiger partial charge on any atom is 0.251 e. The summed E-state index contributed by atoms with van der Waals surface area (Å²) in [7, 11) is 0. The SMILES string of the molecule is CC(C)NC(=O)c1ccc(NC(=O)CCC(=O)Nc2ccc(C(=O)NC(C)C)cc2)cc1. The molecule has 32 heavy (non-hydrogen) atoms. The number of rotatable bonds is 9. The zero-order valence-electron chi connectivity index (χ0n) is 18.8. The summed E-state index contributed by atoms with van der Waals surface area (Å²) < 4.78 is 0. The number of carbonyl (C=O) groups is 4. The average Bonchev–Trinajstić information content (AvgIpc) is 2.72. The summed E-state index contributed by atoms with van der Waals surface area (Å²) >= 11 is 0. The fourth-order valence-corrected chi connectivity index (χ4v) is 2.77. The Bertz CT molecular complexity index is 871. The van der Waals surface area contributed by atoms with Crippen LogP contribution in [0.4, 0.5) is 11.4 Å². The molecule has 0 saturated heterocycles. The molecule has 0 unspecified atom stereocenters. The van der Waals surface area contributed by atoms with Crippen molar-refractivity contribution in [1.82, 2.24) is 10.6 Å². The molecule has 0 atom stereocenters. The first-order chi connectivity index (χ1) is 15.1. The second-order valence-corrected chi connectivity index (χ2v) is 8.01. The first-order valence-electron chi connectivity index (χ1n) is 10.6. The van der Waals surface area contributed by atoms with E-state index in [1.807, 2.05) is 27.7 Å². The Labute approximate surface area is 188 Å². The molecule has 0 bridgehead atoms. The summed E-state index contributed by atoms with van der Waals surface area (Å²) in [4.78, 5) is 48.1. The molecule has 0 fully saturated rings. The van der Waals surface area contributed by atoms with Crippen molar-refractivity contribution in [2.45, 2.75) is 52.6 Å².